The van der Waals surface area contributed by atoms with Crippen molar-refractivity contribution in [2.45, 2.75) is 17.7 Å². The zero-order chi connectivity index (χ0) is 20.0. The minimum atomic E-state index is -3.42. The van der Waals surface area contributed by atoms with Crippen molar-refractivity contribution < 1.29 is 22.7 Å². The summed E-state index contributed by atoms with van der Waals surface area (Å²) in [5.74, 6) is 0.957. The summed E-state index contributed by atoms with van der Waals surface area (Å²) in [4.78, 5) is 12.4. The minimum Gasteiger partial charge on any atom is -0.497 e. The Hall–Kier alpha value is -2.58. The van der Waals surface area contributed by atoms with Crippen LogP contribution in [0.5, 0.6) is 11.5 Å². The Labute approximate surface area is 165 Å². The number of carbonyl (C=O) groups is 1. The Morgan fingerprint density at radius 3 is 2.46 bits per heavy atom. The predicted molar refractivity (Wildman–Crippen MR) is 105 cm³/mol. The van der Waals surface area contributed by atoms with E-state index >= 15 is 0 Å². The second-order valence-electron chi connectivity index (χ2n) is 6.42. The van der Waals surface area contributed by atoms with Crippen LogP contribution in [0.2, 0.25) is 0 Å². The van der Waals surface area contributed by atoms with Crippen molar-refractivity contribution in [2.75, 3.05) is 33.4 Å². The maximum Gasteiger partial charge on any atom is 0.251 e. The Morgan fingerprint density at radius 1 is 1.07 bits per heavy atom. The first-order valence-electron chi connectivity index (χ1n) is 9.16. The second-order valence-corrected chi connectivity index (χ2v) is 8.36. The summed E-state index contributed by atoms with van der Waals surface area (Å²) in [6, 6.07) is 13.3. The highest BCUT2D eigenvalue weighted by atomic mass is 32.2. The molecule has 2 aromatic carbocycles. The van der Waals surface area contributed by atoms with Crippen LogP contribution < -0.4 is 14.8 Å². The Balaban J connectivity index is 1.48. The number of ether oxygens (including phenoxy) is 2. The first-order valence-corrected chi connectivity index (χ1v) is 10.6. The van der Waals surface area contributed by atoms with Gasteiger partial charge in [0.05, 0.1) is 18.6 Å². The zero-order valence-electron chi connectivity index (χ0n) is 15.8. The molecule has 0 unspecified atom stereocenters. The van der Waals surface area contributed by atoms with Crippen molar-refractivity contribution in [2.24, 2.45) is 0 Å². The van der Waals surface area contributed by atoms with Gasteiger partial charge in [-0.05, 0) is 55.3 Å². The molecular formula is C20H24N2O5S. The lowest BCUT2D eigenvalue weighted by Crippen LogP contribution is -2.28. The highest BCUT2D eigenvalue weighted by molar-refractivity contribution is 7.89. The molecule has 28 heavy (non-hydrogen) atoms. The molecule has 7 nitrogen and oxygen atoms in total. The summed E-state index contributed by atoms with van der Waals surface area (Å²) in [7, 11) is -1.87. The third kappa shape index (κ3) is 4.82. The molecule has 1 fully saturated rings. The van der Waals surface area contributed by atoms with Gasteiger partial charge in [-0.1, -0.05) is 6.07 Å². The van der Waals surface area contributed by atoms with Crippen LogP contribution in [0.3, 0.4) is 0 Å². The van der Waals surface area contributed by atoms with Gasteiger partial charge in [0.15, 0.2) is 0 Å². The van der Waals surface area contributed by atoms with Crippen LogP contribution in [0.25, 0.3) is 0 Å². The molecule has 3 rings (SSSR count). The highest BCUT2D eigenvalue weighted by Crippen LogP contribution is 2.22. The minimum absolute atomic E-state index is 0.213. The fraction of sp³-hybridized carbons (Fsp3) is 0.350. The van der Waals surface area contributed by atoms with Gasteiger partial charge < -0.3 is 14.8 Å². The average molecular weight is 404 g/mol. The number of carbonyl (C=O) groups excluding carboxylic acids is 1. The van der Waals surface area contributed by atoms with Crippen LogP contribution in [0, 0.1) is 0 Å². The number of nitrogens with one attached hydrogen (secondary N) is 1. The second kappa shape index (κ2) is 9.07. The third-order valence-corrected chi connectivity index (χ3v) is 6.43. The normalized spacial score (nSPS) is 14.6. The number of sulfonamides is 1. The van der Waals surface area contributed by atoms with E-state index < -0.39 is 10.0 Å². The van der Waals surface area contributed by atoms with Crippen molar-refractivity contribution >= 4 is 15.9 Å². The van der Waals surface area contributed by atoms with Gasteiger partial charge >= 0.3 is 0 Å². The lowest BCUT2D eigenvalue weighted by atomic mass is 10.2. The topological polar surface area (TPSA) is 84.9 Å². The third-order valence-electron chi connectivity index (χ3n) is 4.51. The molecular weight excluding hydrogens is 380 g/mol. The first kappa shape index (κ1) is 20.2. The van der Waals surface area contributed by atoms with Crippen LogP contribution in [0.4, 0.5) is 0 Å². The van der Waals surface area contributed by atoms with E-state index in [2.05, 4.69) is 5.32 Å². The van der Waals surface area contributed by atoms with Gasteiger partial charge in [0.25, 0.3) is 5.91 Å². The molecule has 2 aromatic rings. The van der Waals surface area contributed by atoms with Crippen molar-refractivity contribution in [1.82, 2.24) is 9.62 Å². The van der Waals surface area contributed by atoms with Gasteiger partial charge in [0, 0.05) is 18.7 Å². The molecule has 0 aliphatic carbocycles. The smallest absolute Gasteiger partial charge is 0.251 e. The summed E-state index contributed by atoms with van der Waals surface area (Å²) >= 11 is 0. The lowest BCUT2D eigenvalue weighted by molar-refractivity contribution is 0.0946. The Kier molecular flexibility index (Phi) is 6.53. The van der Waals surface area contributed by atoms with Crippen molar-refractivity contribution in [3.63, 3.8) is 0 Å². The number of benzene rings is 2. The van der Waals surface area contributed by atoms with E-state index in [1.807, 2.05) is 0 Å². The number of rotatable bonds is 8. The summed E-state index contributed by atoms with van der Waals surface area (Å²) in [5.41, 5.74) is 0.510. The summed E-state index contributed by atoms with van der Waals surface area (Å²) in [6.07, 6.45) is 1.81. The predicted octanol–water partition coefficient (Wildman–Crippen LogP) is 2.29. The lowest BCUT2D eigenvalue weighted by Gasteiger charge is -2.15. The SMILES string of the molecule is COc1cccc(C(=O)NCCOc2ccc(S(=O)(=O)N3CCCC3)cc2)c1. The summed E-state index contributed by atoms with van der Waals surface area (Å²) in [6.45, 7) is 1.75. The fourth-order valence-corrected chi connectivity index (χ4v) is 4.50. The Morgan fingerprint density at radius 2 is 1.79 bits per heavy atom. The van der Waals surface area contributed by atoms with Crippen LogP contribution in [0.1, 0.15) is 23.2 Å². The van der Waals surface area contributed by atoms with E-state index in [1.54, 1.807) is 55.6 Å². The quantitative estimate of drug-likeness (QED) is 0.683. The molecule has 0 saturated carbocycles. The van der Waals surface area contributed by atoms with E-state index in [0.717, 1.165) is 12.8 Å². The number of methoxy groups -OCH3 is 1. The standard InChI is InChI=1S/C20H24N2O5S/c1-26-18-6-4-5-16(15-18)20(23)21-11-14-27-17-7-9-19(10-8-17)28(24,25)22-12-2-3-13-22/h4-10,15H,2-3,11-14H2,1H3,(H,21,23). The molecule has 1 aliphatic rings. The van der Waals surface area contributed by atoms with Crippen molar-refractivity contribution in [3.05, 3.63) is 54.1 Å². The maximum absolute atomic E-state index is 12.5. The molecule has 150 valence electrons. The molecule has 1 saturated heterocycles. The largest absolute Gasteiger partial charge is 0.497 e. The molecule has 1 aliphatic heterocycles. The molecule has 0 radical (unpaired) electrons. The summed E-state index contributed by atoms with van der Waals surface area (Å²) in [5, 5.41) is 2.77. The van der Waals surface area contributed by atoms with E-state index in [1.165, 1.54) is 4.31 Å². The van der Waals surface area contributed by atoms with E-state index in [-0.39, 0.29) is 17.4 Å². The number of nitrogens with zero attached hydrogens (tertiary/aromatic N) is 1. The number of amides is 1. The first-order chi connectivity index (χ1) is 13.5. The van der Waals surface area contributed by atoms with Crippen molar-refractivity contribution in [3.8, 4) is 11.5 Å². The fourth-order valence-electron chi connectivity index (χ4n) is 2.99. The van der Waals surface area contributed by atoms with Crippen LogP contribution in [-0.4, -0.2) is 52.0 Å². The molecule has 0 spiro atoms. The highest BCUT2D eigenvalue weighted by Gasteiger charge is 2.26. The van der Waals surface area contributed by atoms with Crippen molar-refractivity contribution in [1.29, 1.82) is 0 Å². The average Bonchev–Trinajstić information content (AvgIpc) is 3.27. The van der Waals surface area contributed by atoms with E-state index in [0.29, 0.717) is 36.7 Å². The van der Waals surface area contributed by atoms with Crippen LogP contribution >= 0.6 is 0 Å². The maximum atomic E-state index is 12.5. The molecule has 1 heterocycles. The van der Waals surface area contributed by atoms with Crippen LogP contribution in [0.15, 0.2) is 53.4 Å². The van der Waals surface area contributed by atoms with Crippen LogP contribution in [-0.2, 0) is 10.0 Å². The summed E-state index contributed by atoms with van der Waals surface area (Å²) < 4.78 is 37.2. The molecule has 1 N–H and O–H groups in total. The van der Waals surface area contributed by atoms with Gasteiger partial charge in [-0.25, -0.2) is 8.42 Å². The molecule has 0 bridgehead atoms. The zero-order valence-corrected chi connectivity index (χ0v) is 16.6. The molecule has 8 heteroatoms. The van der Waals surface area contributed by atoms with Gasteiger partial charge in [0.2, 0.25) is 10.0 Å². The molecule has 1 amide bonds. The van der Waals surface area contributed by atoms with Gasteiger partial charge in [-0.3, -0.25) is 4.79 Å². The molecule has 0 aromatic heterocycles. The van der Waals surface area contributed by atoms with Gasteiger partial charge in [-0.2, -0.15) is 4.31 Å². The van der Waals surface area contributed by atoms with Gasteiger partial charge in [-0.15, -0.1) is 0 Å². The van der Waals surface area contributed by atoms with E-state index in [9.17, 15) is 13.2 Å². The van der Waals surface area contributed by atoms with E-state index in [4.69, 9.17) is 9.47 Å². The monoisotopic (exact) mass is 404 g/mol. The Bertz CT molecular complexity index is 906. The number of hydrogen-bond acceptors (Lipinski definition) is 5. The molecule has 0 atom stereocenters. The van der Waals surface area contributed by atoms with Gasteiger partial charge in [0.1, 0.15) is 18.1 Å². The number of hydrogen-bond donors (Lipinski definition) is 1.